The summed E-state index contributed by atoms with van der Waals surface area (Å²) in [5.74, 6) is -0.274. The van der Waals surface area contributed by atoms with Crippen molar-refractivity contribution in [2.75, 3.05) is 11.1 Å². The summed E-state index contributed by atoms with van der Waals surface area (Å²) in [5, 5.41) is 3.04. The fourth-order valence-corrected chi connectivity index (χ4v) is 3.05. The highest BCUT2D eigenvalue weighted by atomic mass is 35.5. The van der Waals surface area contributed by atoms with E-state index >= 15 is 0 Å². The summed E-state index contributed by atoms with van der Waals surface area (Å²) < 4.78 is 44.4. The summed E-state index contributed by atoms with van der Waals surface area (Å²) in [7, 11) is 0. The number of hydrogen-bond acceptors (Lipinski definition) is 4. The van der Waals surface area contributed by atoms with E-state index in [0.717, 1.165) is 23.4 Å². The van der Waals surface area contributed by atoms with Crippen LogP contribution in [-0.4, -0.2) is 16.6 Å². The predicted octanol–water partition coefficient (Wildman–Crippen LogP) is 5.74. The molecule has 0 radical (unpaired) electrons. The van der Waals surface area contributed by atoms with Gasteiger partial charge >= 0.3 is 6.18 Å². The van der Waals surface area contributed by atoms with Crippen molar-refractivity contribution in [2.45, 2.75) is 11.4 Å². The van der Waals surface area contributed by atoms with Gasteiger partial charge in [-0.15, -0.1) is 0 Å². The zero-order valence-corrected chi connectivity index (χ0v) is 15.2. The number of nitrogens with zero attached hydrogens (tertiary/aromatic N) is 1. The molecule has 0 unspecified atom stereocenters. The number of para-hydroxylation sites is 1. The Kier molecular flexibility index (Phi) is 5.76. The van der Waals surface area contributed by atoms with Crippen LogP contribution in [-0.2, 0) is 11.0 Å². The highest BCUT2D eigenvalue weighted by molar-refractivity contribution is 7.99. The van der Waals surface area contributed by atoms with Crippen molar-refractivity contribution < 1.29 is 22.4 Å². The van der Waals surface area contributed by atoms with E-state index in [-0.39, 0.29) is 16.7 Å². The van der Waals surface area contributed by atoms with Gasteiger partial charge < -0.3 is 9.73 Å². The molecule has 0 aliphatic heterocycles. The third kappa shape index (κ3) is 5.05. The summed E-state index contributed by atoms with van der Waals surface area (Å²) in [6, 6.07) is 11.8. The van der Waals surface area contributed by atoms with Gasteiger partial charge in [0.05, 0.1) is 23.2 Å². The first kappa shape index (κ1) is 19.3. The second kappa shape index (κ2) is 8.06. The quantitative estimate of drug-likeness (QED) is 0.542. The van der Waals surface area contributed by atoms with Crippen LogP contribution in [0.4, 0.5) is 18.9 Å². The number of alkyl halides is 3. The van der Waals surface area contributed by atoms with Crippen LogP contribution in [0.3, 0.4) is 0 Å². The monoisotopic (exact) mass is 412 g/mol. The molecule has 27 heavy (non-hydrogen) atoms. The van der Waals surface area contributed by atoms with Crippen LogP contribution in [0.1, 0.15) is 5.56 Å². The molecular formula is C18H12ClF3N2O2S. The first-order chi connectivity index (χ1) is 12.8. The number of aromatic nitrogens is 1. The van der Waals surface area contributed by atoms with Gasteiger partial charge in [-0.1, -0.05) is 47.6 Å². The van der Waals surface area contributed by atoms with Gasteiger partial charge in [-0.2, -0.15) is 13.2 Å². The standard InChI is InChI=1S/C18H12ClF3N2O2S/c19-12-5-3-4-11(8-12)15-9-23-17(26-15)27-10-16(25)24-14-7-2-1-6-13(14)18(20,21)22/h1-9H,10H2,(H,24,25). The largest absolute Gasteiger partial charge is 0.431 e. The molecule has 0 fully saturated rings. The zero-order valence-electron chi connectivity index (χ0n) is 13.6. The minimum atomic E-state index is -4.55. The maximum atomic E-state index is 13.0. The number of benzene rings is 2. The number of hydrogen-bond donors (Lipinski definition) is 1. The average Bonchev–Trinajstić information content (AvgIpc) is 3.09. The van der Waals surface area contributed by atoms with Crippen molar-refractivity contribution >= 4 is 35.0 Å². The van der Waals surface area contributed by atoms with E-state index < -0.39 is 17.6 Å². The van der Waals surface area contributed by atoms with Crippen LogP contribution in [0.2, 0.25) is 5.02 Å². The molecule has 3 rings (SSSR count). The van der Waals surface area contributed by atoms with E-state index in [1.54, 1.807) is 24.3 Å². The average molecular weight is 413 g/mol. The van der Waals surface area contributed by atoms with E-state index in [4.69, 9.17) is 16.0 Å². The summed E-state index contributed by atoms with van der Waals surface area (Å²) in [6.07, 6.45) is -3.06. The molecule has 9 heteroatoms. The Labute approximate surface area is 161 Å². The summed E-state index contributed by atoms with van der Waals surface area (Å²) in [4.78, 5) is 16.1. The number of carbonyl (C=O) groups is 1. The number of anilines is 1. The first-order valence-electron chi connectivity index (χ1n) is 7.63. The molecule has 1 N–H and O–H groups in total. The van der Waals surface area contributed by atoms with E-state index in [1.165, 1.54) is 24.4 Å². The van der Waals surface area contributed by atoms with Crippen molar-refractivity contribution in [1.82, 2.24) is 4.98 Å². The fraction of sp³-hybridized carbons (Fsp3) is 0.111. The van der Waals surface area contributed by atoms with Gasteiger partial charge in [0.25, 0.3) is 5.22 Å². The Morgan fingerprint density at radius 3 is 2.70 bits per heavy atom. The number of amides is 1. The lowest BCUT2D eigenvalue weighted by molar-refractivity contribution is -0.137. The van der Waals surface area contributed by atoms with Crippen molar-refractivity contribution in [2.24, 2.45) is 0 Å². The van der Waals surface area contributed by atoms with Crippen molar-refractivity contribution in [3.63, 3.8) is 0 Å². The Bertz CT molecular complexity index is 960. The molecule has 4 nitrogen and oxygen atoms in total. The predicted molar refractivity (Wildman–Crippen MR) is 97.7 cm³/mol. The molecular weight excluding hydrogens is 401 g/mol. The number of oxazole rings is 1. The van der Waals surface area contributed by atoms with E-state index in [9.17, 15) is 18.0 Å². The second-order valence-corrected chi connectivity index (χ2v) is 6.74. The smallest absolute Gasteiger partial charge is 0.418 e. The van der Waals surface area contributed by atoms with Gasteiger partial charge in [0.15, 0.2) is 5.76 Å². The summed E-state index contributed by atoms with van der Waals surface area (Å²) >= 11 is 6.90. The van der Waals surface area contributed by atoms with E-state index in [0.29, 0.717) is 10.8 Å². The molecule has 0 aliphatic carbocycles. The van der Waals surface area contributed by atoms with Gasteiger partial charge in [-0.3, -0.25) is 4.79 Å². The molecule has 1 aromatic heterocycles. The molecule has 0 saturated heterocycles. The second-order valence-electron chi connectivity index (χ2n) is 5.38. The number of halogens is 4. The third-order valence-corrected chi connectivity index (χ3v) is 4.50. The van der Waals surface area contributed by atoms with Crippen molar-refractivity contribution in [3.8, 4) is 11.3 Å². The molecule has 1 amide bonds. The first-order valence-corrected chi connectivity index (χ1v) is 9.00. The van der Waals surface area contributed by atoms with Crippen LogP contribution in [0, 0.1) is 0 Å². The zero-order chi connectivity index (χ0) is 19.4. The van der Waals surface area contributed by atoms with Crippen LogP contribution in [0.15, 0.2) is 64.4 Å². The lowest BCUT2D eigenvalue weighted by Crippen LogP contribution is -2.18. The van der Waals surface area contributed by atoms with Crippen LogP contribution < -0.4 is 5.32 Å². The lowest BCUT2D eigenvalue weighted by atomic mass is 10.1. The molecule has 0 saturated carbocycles. The van der Waals surface area contributed by atoms with Gasteiger partial charge in [-0.05, 0) is 24.3 Å². The topological polar surface area (TPSA) is 55.1 Å². The molecule has 0 atom stereocenters. The van der Waals surface area contributed by atoms with Crippen LogP contribution in [0.25, 0.3) is 11.3 Å². The highest BCUT2D eigenvalue weighted by Crippen LogP contribution is 2.34. The van der Waals surface area contributed by atoms with Crippen LogP contribution in [0.5, 0.6) is 0 Å². The van der Waals surface area contributed by atoms with E-state index in [2.05, 4.69) is 10.3 Å². The van der Waals surface area contributed by atoms with E-state index in [1.807, 2.05) is 0 Å². The van der Waals surface area contributed by atoms with Crippen molar-refractivity contribution in [3.05, 3.63) is 65.3 Å². The molecule has 0 spiro atoms. The van der Waals surface area contributed by atoms with Crippen LogP contribution >= 0.6 is 23.4 Å². The molecule has 2 aromatic carbocycles. The Hall–Kier alpha value is -2.45. The normalized spacial score (nSPS) is 11.4. The third-order valence-electron chi connectivity index (χ3n) is 3.43. The Balaban J connectivity index is 1.62. The summed E-state index contributed by atoms with van der Waals surface area (Å²) in [5.41, 5.74) is -0.462. The number of rotatable bonds is 5. The lowest BCUT2D eigenvalue weighted by Gasteiger charge is -2.13. The molecule has 3 aromatic rings. The maximum Gasteiger partial charge on any atom is 0.418 e. The van der Waals surface area contributed by atoms with Gasteiger partial charge in [0, 0.05) is 10.6 Å². The Morgan fingerprint density at radius 1 is 1.19 bits per heavy atom. The Morgan fingerprint density at radius 2 is 1.96 bits per heavy atom. The number of nitrogens with one attached hydrogen (secondary N) is 1. The maximum absolute atomic E-state index is 13.0. The molecule has 1 heterocycles. The van der Waals surface area contributed by atoms with Gasteiger partial charge in [0.1, 0.15) is 0 Å². The van der Waals surface area contributed by atoms with Gasteiger partial charge in [0.2, 0.25) is 5.91 Å². The van der Waals surface area contributed by atoms with Gasteiger partial charge in [-0.25, -0.2) is 4.98 Å². The molecule has 0 bridgehead atoms. The summed E-state index contributed by atoms with van der Waals surface area (Å²) in [6.45, 7) is 0. The van der Waals surface area contributed by atoms with Crippen molar-refractivity contribution in [1.29, 1.82) is 0 Å². The SMILES string of the molecule is O=C(CSc1ncc(-c2cccc(Cl)c2)o1)Nc1ccccc1C(F)(F)F. The number of thioether (sulfide) groups is 1. The highest BCUT2D eigenvalue weighted by Gasteiger charge is 2.33. The minimum absolute atomic E-state index is 0.151. The molecule has 0 aliphatic rings. The molecule has 140 valence electrons. The fourth-order valence-electron chi connectivity index (χ4n) is 2.25. The number of carbonyl (C=O) groups excluding carboxylic acids is 1. The minimum Gasteiger partial charge on any atom is -0.431 e.